The van der Waals surface area contributed by atoms with Crippen LogP contribution in [0.25, 0.3) is 11.4 Å². The van der Waals surface area contributed by atoms with Gasteiger partial charge in [0.2, 0.25) is 5.88 Å². The lowest BCUT2D eigenvalue weighted by atomic mass is 10.0. The van der Waals surface area contributed by atoms with Gasteiger partial charge < -0.3 is 10.4 Å². The lowest BCUT2D eigenvalue weighted by Gasteiger charge is -2.32. The van der Waals surface area contributed by atoms with Crippen molar-refractivity contribution < 1.29 is 9.90 Å². The van der Waals surface area contributed by atoms with Gasteiger partial charge in [-0.15, -0.1) is 0 Å². The summed E-state index contributed by atoms with van der Waals surface area (Å²) in [7, 11) is 0. The van der Waals surface area contributed by atoms with E-state index in [2.05, 4.69) is 25.2 Å². The Hall–Kier alpha value is -3.32. The van der Waals surface area contributed by atoms with Crippen molar-refractivity contribution in [3.63, 3.8) is 0 Å². The first-order chi connectivity index (χ1) is 14.2. The fourth-order valence-electron chi connectivity index (χ4n) is 3.48. The number of aromatic hydroxyl groups is 1. The second kappa shape index (κ2) is 8.79. The number of nitrogens with one attached hydrogen (secondary N) is 1. The summed E-state index contributed by atoms with van der Waals surface area (Å²) in [6.45, 7) is 2.59. The molecule has 148 valence electrons. The van der Waals surface area contributed by atoms with Gasteiger partial charge >= 0.3 is 0 Å². The molecule has 3 aromatic rings. The van der Waals surface area contributed by atoms with Crippen molar-refractivity contribution in [2.75, 3.05) is 13.1 Å². The third-order valence-corrected chi connectivity index (χ3v) is 5.08. The Balaban J connectivity index is 1.33. The Bertz CT molecular complexity index is 957. The number of likely N-dealkylation sites (tertiary alicyclic amines) is 1. The van der Waals surface area contributed by atoms with Crippen LogP contribution in [0.2, 0.25) is 0 Å². The van der Waals surface area contributed by atoms with Crippen LogP contribution in [0.3, 0.4) is 0 Å². The van der Waals surface area contributed by atoms with Crippen LogP contribution in [0.15, 0.2) is 60.9 Å². The molecule has 2 aromatic heterocycles. The topological polar surface area (TPSA) is 91.2 Å². The highest BCUT2D eigenvalue weighted by Gasteiger charge is 2.23. The molecule has 0 saturated carbocycles. The van der Waals surface area contributed by atoms with Crippen LogP contribution in [0.4, 0.5) is 0 Å². The molecule has 0 aliphatic carbocycles. The van der Waals surface area contributed by atoms with Crippen molar-refractivity contribution in [3.05, 3.63) is 72.2 Å². The lowest BCUT2D eigenvalue weighted by Crippen LogP contribution is -2.44. The van der Waals surface area contributed by atoms with E-state index in [4.69, 9.17) is 0 Å². The normalized spacial score (nSPS) is 15.2. The molecular weight excluding hydrogens is 366 g/mol. The average Bonchev–Trinajstić information content (AvgIpc) is 2.76. The Morgan fingerprint density at radius 2 is 1.83 bits per heavy atom. The van der Waals surface area contributed by atoms with Gasteiger partial charge in [-0.3, -0.25) is 14.7 Å². The summed E-state index contributed by atoms with van der Waals surface area (Å²) < 4.78 is 0. The summed E-state index contributed by atoms with van der Waals surface area (Å²) in [5, 5.41) is 13.2. The number of hydrogen-bond donors (Lipinski definition) is 2. The molecule has 0 spiro atoms. The lowest BCUT2D eigenvalue weighted by molar-refractivity contribution is 0.0904. The van der Waals surface area contributed by atoms with Crippen LogP contribution in [0.1, 0.15) is 28.9 Å². The number of carbonyl (C=O) groups is 1. The summed E-state index contributed by atoms with van der Waals surface area (Å²) >= 11 is 0. The first-order valence-corrected chi connectivity index (χ1v) is 9.73. The molecule has 1 aliphatic heterocycles. The van der Waals surface area contributed by atoms with Crippen molar-refractivity contribution in [3.8, 4) is 17.3 Å². The molecule has 0 atom stereocenters. The van der Waals surface area contributed by atoms with E-state index < -0.39 is 0 Å². The molecular formula is C22H23N5O2. The number of hydrogen-bond acceptors (Lipinski definition) is 6. The molecule has 1 saturated heterocycles. The van der Waals surface area contributed by atoms with Crippen LogP contribution >= 0.6 is 0 Å². The van der Waals surface area contributed by atoms with Crippen LogP contribution < -0.4 is 5.32 Å². The van der Waals surface area contributed by atoms with Crippen molar-refractivity contribution in [2.45, 2.75) is 25.4 Å². The number of pyridine rings is 1. The number of piperidine rings is 1. The van der Waals surface area contributed by atoms with Crippen LogP contribution in [-0.2, 0) is 6.54 Å². The largest absolute Gasteiger partial charge is 0.493 e. The first-order valence-electron chi connectivity index (χ1n) is 9.73. The molecule has 7 nitrogen and oxygen atoms in total. The SMILES string of the molecule is O=C(NC1CCN(Cc2ccccn2)CC1)c1cnc(-c2ccccc2)nc1O. The highest BCUT2D eigenvalue weighted by atomic mass is 16.3. The van der Waals surface area contributed by atoms with Gasteiger partial charge in [-0.05, 0) is 25.0 Å². The summed E-state index contributed by atoms with van der Waals surface area (Å²) in [6.07, 6.45) is 4.89. The van der Waals surface area contributed by atoms with E-state index >= 15 is 0 Å². The standard InChI is InChI=1S/C22H23N5O2/c28-21(19-14-24-20(26-22(19)29)16-6-2-1-3-7-16)25-17-9-12-27(13-10-17)15-18-8-4-5-11-23-18/h1-8,11,14,17H,9-10,12-13,15H2,(H,25,28)(H,24,26,29). The smallest absolute Gasteiger partial charge is 0.258 e. The van der Waals surface area contributed by atoms with Gasteiger partial charge in [0.1, 0.15) is 5.56 Å². The maximum absolute atomic E-state index is 12.6. The summed E-state index contributed by atoms with van der Waals surface area (Å²) in [4.78, 5) is 27.6. The molecule has 1 aromatic carbocycles. The zero-order chi connectivity index (χ0) is 20.1. The van der Waals surface area contributed by atoms with E-state index in [0.29, 0.717) is 5.82 Å². The third kappa shape index (κ3) is 4.75. The summed E-state index contributed by atoms with van der Waals surface area (Å²) in [5.74, 6) is -0.253. The molecule has 1 amide bonds. The summed E-state index contributed by atoms with van der Waals surface area (Å²) in [5.41, 5.74) is 1.94. The maximum Gasteiger partial charge on any atom is 0.258 e. The van der Waals surface area contributed by atoms with E-state index in [1.807, 2.05) is 48.5 Å². The number of nitrogens with zero attached hydrogens (tertiary/aromatic N) is 4. The molecule has 0 radical (unpaired) electrons. The van der Waals surface area contributed by atoms with E-state index in [9.17, 15) is 9.90 Å². The number of benzene rings is 1. The Kier molecular flexibility index (Phi) is 5.76. The van der Waals surface area contributed by atoms with Gasteiger partial charge in [0, 0.05) is 43.6 Å². The van der Waals surface area contributed by atoms with E-state index in [1.54, 1.807) is 6.20 Å². The fraction of sp³-hybridized carbons (Fsp3) is 0.273. The molecule has 2 N–H and O–H groups in total. The number of aromatic nitrogens is 3. The first kappa shape index (κ1) is 19.0. The molecule has 0 unspecified atom stereocenters. The minimum atomic E-state index is -0.342. The minimum Gasteiger partial charge on any atom is -0.493 e. The second-order valence-electron chi connectivity index (χ2n) is 7.14. The number of amides is 1. The zero-order valence-corrected chi connectivity index (χ0v) is 16.0. The summed E-state index contributed by atoms with van der Waals surface area (Å²) in [6, 6.07) is 15.3. The second-order valence-corrected chi connectivity index (χ2v) is 7.14. The highest BCUT2D eigenvalue weighted by Crippen LogP contribution is 2.20. The average molecular weight is 389 g/mol. The van der Waals surface area contributed by atoms with Gasteiger partial charge in [0.05, 0.1) is 5.69 Å². The molecule has 29 heavy (non-hydrogen) atoms. The van der Waals surface area contributed by atoms with Crippen LogP contribution in [0, 0.1) is 0 Å². The predicted molar refractivity (Wildman–Crippen MR) is 109 cm³/mol. The Morgan fingerprint density at radius 3 is 2.52 bits per heavy atom. The number of rotatable bonds is 5. The number of carbonyl (C=O) groups excluding carboxylic acids is 1. The van der Waals surface area contributed by atoms with Crippen LogP contribution in [0.5, 0.6) is 5.88 Å². The van der Waals surface area contributed by atoms with E-state index in [-0.39, 0.29) is 23.4 Å². The molecule has 7 heteroatoms. The van der Waals surface area contributed by atoms with Gasteiger partial charge in [-0.1, -0.05) is 36.4 Å². The van der Waals surface area contributed by atoms with E-state index in [0.717, 1.165) is 43.7 Å². The van der Waals surface area contributed by atoms with Crippen molar-refractivity contribution >= 4 is 5.91 Å². The fourth-order valence-corrected chi connectivity index (χ4v) is 3.48. The molecule has 3 heterocycles. The van der Waals surface area contributed by atoms with Crippen molar-refractivity contribution in [1.29, 1.82) is 0 Å². The highest BCUT2D eigenvalue weighted by molar-refractivity contribution is 5.96. The van der Waals surface area contributed by atoms with E-state index in [1.165, 1.54) is 6.20 Å². The maximum atomic E-state index is 12.6. The van der Waals surface area contributed by atoms with Crippen molar-refractivity contribution in [2.24, 2.45) is 0 Å². The molecule has 4 rings (SSSR count). The minimum absolute atomic E-state index is 0.0654. The molecule has 1 aliphatic rings. The van der Waals surface area contributed by atoms with Crippen molar-refractivity contribution in [1.82, 2.24) is 25.2 Å². The Labute approximate surface area is 169 Å². The monoisotopic (exact) mass is 389 g/mol. The van der Waals surface area contributed by atoms with Gasteiger partial charge in [0.25, 0.3) is 5.91 Å². The van der Waals surface area contributed by atoms with Crippen LogP contribution in [-0.4, -0.2) is 50.0 Å². The molecule has 0 bridgehead atoms. The third-order valence-electron chi connectivity index (χ3n) is 5.08. The van der Waals surface area contributed by atoms with Gasteiger partial charge in [-0.2, -0.15) is 4.98 Å². The quantitative estimate of drug-likeness (QED) is 0.697. The zero-order valence-electron chi connectivity index (χ0n) is 16.0. The molecule has 1 fully saturated rings. The van der Waals surface area contributed by atoms with Gasteiger partial charge in [-0.25, -0.2) is 4.98 Å². The predicted octanol–water partition coefficient (Wildman–Crippen LogP) is 2.64. The van der Waals surface area contributed by atoms with Gasteiger partial charge in [0.15, 0.2) is 5.82 Å². The Morgan fingerprint density at radius 1 is 1.07 bits per heavy atom.